The number of hydrogen-bond acceptors (Lipinski definition) is 2. The molecule has 0 saturated carbocycles. The van der Waals surface area contributed by atoms with Crippen LogP contribution in [0.15, 0.2) is 0 Å². The average Bonchev–Trinajstić information content (AvgIpc) is 2.17. The zero-order valence-electron chi connectivity index (χ0n) is 9.89. The summed E-state index contributed by atoms with van der Waals surface area (Å²) in [6.45, 7) is 7.29. The van der Waals surface area contributed by atoms with Gasteiger partial charge in [-0.05, 0) is 33.2 Å². The van der Waals surface area contributed by atoms with Crippen LogP contribution in [0.3, 0.4) is 0 Å². The molecule has 2 heteroatoms. The van der Waals surface area contributed by atoms with Crippen molar-refractivity contribution in [2.75, 3.05) is 13.7 Å². The molecule has 1 atom stereocenters. The third kappa shape index (κ3) is 4.64. The fraction of sp³-hybridized carbons (Fsp3) is 0.833. The maximum Gasteiger partial charge on any atom is 0.0775 e. The van der Waals surface area contributed by atoms with Crippen LogP contribution in [-0.4, -0.2) is 25.3 Å². The van der Waals surface area contributed by atoms with E-state index in [9.17, 15) is 0 Å². The Balaban J connectivity index is 4.08. The Labute approximate surface area is 88.4 Å². The van der Waals surface area contributed by atoms with Gasteiger partial charge in [0.25, 0.3) is 0 Å². The minimum atomic E-state index is -0.120. The molecule has 0 aromatic heterocycles. The SMILES string of the molecule is C#CCCCC(NCC)C(C)(C)OC. The van der Waals surface area contributed by atoms with Crippen molar-refractivity contribution >= 4 is 0 Å². The van der Waals surface area contributed by atoms with Crippen LogP contribution in [0.2, 0.25) is 0 Å². The van der Waals surface area contributed by atoms with Crippen LogP contribution in [0, 0.1) is 12.3 Å². The van der Waals surface area contributed by atoms with Crippen LogP contribution in [0.25, 0.3) is 0 Å². The standard InChI is InChI=1S/C12H23NO/c1-6-8-9-10-11(13-7-2)12(3,4)14-5/h1,11,13H,7-10H2,2-5H3. The van der Waals surface area contributed by atoms with Gasteiger partial charge in [0.1, 0.15) is 0 Å². The van der Waals surface area contributed by atoms with E-state index in [1.165, 1.54) is 0 Å². The van der Waals surface area contributed by atoms with Gasteiger partial charge in [-0.1, -0.05) is 6.92 Å². The maximum absolute atomic E-state index is 5.47. The molecule has 0 aromatic rings. The van der Waals surface area contributed by atoms with Gasteiger partial charge in [0, 0.05) is 19.6 Å². The van der Waals surface area contributed by atoms with E-state index in [2.05, 4.69) is 32.0 Å². The number of unbranched alkanes of at least 4 members (excludes halogenated alkanes) is 1. The molecule has 0 bridgehead atoms. The molecule has 0 heterocycles. The average molecular weight is 197 g/mol. The Morgan fingerprint density at radius 3 is 2.57 bits per heavy atom. The highest BCUT2D eigenvalue weighted by Crippen LogP contribution is 2.18. The molecule has 0 saturated heterocycles. The van der Waals surface area contributed by atoms with Crippen molar-refractivity contribution in [2.45, 2.75) is 51.7 Å². The third-order valence-electron chi connectivity index (χ3n) is 2.63. The van der Waals surface area contributed by atoms with Crippen LogP contribution in [0.4, 0.5) is 0 Å². The molecule has 1 N–H and O–H groups in total. The number of terminal acetylenes is 1. The van der Waals surface area contributed by atoms with Gasteiger partial charge in [-0.15, -0.1) is 12.3 Å². The second-order valence-electron chi connectivity index (χ2n) is 4.01. The lowest BCUT2D eigenvalue weighted by molar-refractivity contribution is -0.0124. The van der Waals surface area contributed by atoms with E-state index in [1.54, 1.807) is 7.11 Å². The lowest BCUT2D eigenvalue weighted by Gasteiger charge is -2.33. The van der Waals surface area contributed by atoms with Gasteiger partial charge in [-0.2, -0.15) is 0 Å². The zero-order chi connectivity index (χ0) is 11.0. The van der Waals surface area contributed by atoms with E-state index in [-0.39, 0.29) is 5.60 Å². The Morgan fingerprint density at radius 1 is 1.50 bits per heavy atom. The van der Waals surface area contributed by atoms with Gasteiger partial charge in [-0.3, -0.25) is 0 Å². The second-order valence-corrected chi connectivity index (χ2v) is 4.01. The van der Waals surface area contributed by atoms with Gasteiger partial charge >= 0.3 is 0 Å². The fourth-order valence-electron chi connectivity index (χ4n) is 1.49. The van der Waals surface area contributed by atoms with Crippen molar-refractivity contribution in [1.29, 1.82) is 0 Å². The van der Waals surface area contributed by atoms with E-state index in [0.29, 0.717) is 6.04 Å². The van der Waals surface area contributed by atoms with Crippen LogP contribution < -0.4 is 5.32 Å². The van der Waals surface area contributed by atoms with Crippen molar-refractivity contribution in [3.63, 3.8) is 0 Å². The highest BCUT2D eigenvalue weighted by molar-refractivity contribution is 4.88. The Bertz CT molecular complexity index is 181. The fourth-order valence-corrected chi connectivity index (χ4v) is 1.49. The van der Waals surface area contributed by atoms with E-state index in [1.807, 2.05) is 0 Å². The molecule has 0 fully saturated rings. The molecule has 0 aliphatic carbocycles. The topological polar surface area (TPSA) is 21.3 Å². The molecule has 0 aliphatic rings. The van der Waals surface area contributed by atoms with E-state index < -0.39 is 0 Å². The highest BCUT2D eigenvalue weighted by Gasteiger charge is 2.27. The molecule has 0 aromatic carbocycles. The first-order valence-electron chi connectivity index (χ1n) is 5.30. The number of rotatable bonds is 7. The summed E-state index contributed by atoms with van der Waals surface area (Å²) in [5.41, 5.74) is -0.120. The van der Waals surface area contributed by atoms with Gasteiger partial charge in [0.15, 0.2) is 0 Å². The lowest BCUT2D eigenvalue weighted by Crippen LogP contribution is -2.48. The van der Waals surface area contributed by atoms with Gasteiger partial charge < -0.3 is 10.1 Å². The van der Waals surface area contributed by atoms with E-state index >= 15 is 0 Å². The quantitative estimate of drug-likeness (QED) is 0.499. The Morgan fingerprint density at radius 2 is 2.14 bits per heavy atom. The number of nitrogens with one attached hydrogen (secondary N) is 1. The first-order valence-corrected chi connectivity index (χ1v) is 5.30. The first-order chi connectivity index (χ1) is 6.58. The van der Waals surface area contributed by atoms with Crippen molar-refractivity contribution in [1.82, 2.24) is 5.32 Å². The zero-order valence-corrected chi connectivity index (χ0v) is 9.89. The molecule has 0 amide bonds. The summed E-state index contributed by atoms with van der Waals surface area (Å²) in [4.78, 5) is 0. The summed E-state index contributed by atoms with van der Waals surface area (Å²) in [6, 6.07) is 0.380. The summed E-state index contributed by atoms with van der Waals surface area (Å²) in [6.07, 6.45) is 8.20. The molecule has 0 rings (SSSR count). The predicted molar refractivity (Wildman–Crippen MR) is 61.2 cm³/mol. The van der Waals surface area contributed by atoms with Crippen LogP contribution in [-0.2, 0) is 4.74 Å². The molecular formula is C12H23NO. The Hall–Kier alpha value is -0.520. The monoisotopic (exact) mass is 197 g/mol. The minimum Gasteiger partial charge on any atom is -0.377 e. The summed E-state index contributed by atoms with van der Waals surface area (Å²) in [5, 5.41) is 3.44. The van der Waals surface area contributed by atoms with Gasteiger partial charge in [0.2, 0.25) is 0 Å². The number of likely N-dealkylation sites (N-methyl/N-ethyl adjacent to an activating group) is 1. The molecule has 0 radical (unpaired) electrons. The maximum atomic E-state index is 5.47. The van der Waals surface area contributed by atoms with Gasteiger partial charge in [-0.25, -0.2) is 0 Å². The van der Waals surface area contributed by atoms with Crippen LogP contribution in [0.1, 0.15) is 40.0 Å². The van der Waals surface area contributed by atoms with E-state index in [0.717, 1.165) is 25.8 Å². The number of hydrogen-bond donors (Lipinski definition) is 1. The van der Waals surface area contributed by atoms with Crippen molar-refractivity contribution in [2.24, 2.45) is 0 Å². The largest absolute Gasteiger partial charge is 0.377 e. The molecule has 0 aliphatic heterocycles. The summed E-state index contributed by atoms with van der Waals surface area (Å²) < 4.78 is 5.47. The van der Waals surface area contributed by atoms with E-state index in [4.69, 9.17) is 11.2 Å². The summed E-state index contributed by atoms with van der Waals surface area (Å²) in [7, 11) is 1.76. The van der Waals surface area contributed by atoms with Crippen LogP contribution >= 0.6 is 0 Å². The number of ether oxygens (including phenoxy) is 1. The normalized spacial score (nSPS) is 13.6. The summed E-state index contributed by atoms with van der Waals surface area (Å²) >= 11 is 0. The van der Waals surface area contributed by atoms with Crippen molar-refractivity contribution in [3.8, 4) is 12.3 Å². The lowest BCUT2D eigenvalue weighted by atomic mass is 9.93. The molecule has 0 spiro atoms. The smallest absolute Gasteiger partial charge is 0.0775 e. The molecule has 14 heavy (non-hydrogen) atoms. The third-order valence-corrected chi connectivity index (χ3v) is 2.63. The molecular weight excluding hydrogens is 174 g/mol. The number of methoxy groups -OCH3 is 1. The van der Waals surface area contributed by atoms with Gasteiger partial charge in [0.05, 0.1) is 5.60 Å². The highest BCUT2D eigenvalue weighted by atomic mass is 16.5. The second kappa shape index (κ2) is 6.86. The van der Waals surface area contributed by atoms with Crippen molar-refractivity contribution < 1.29 is 4.74 Å². The predicted octanol–water partition coefficient (Wildman–Crippen LogP) is 2.19. The Kier molecular flexibility index (Phi) is 6.61. The summed E-state index contributed by atoms with van der Waals surface area (Å²) in [5.74, 6) is 2.67. The van der Waals surface area contributed by atoms with Crippen LogP contribution in [0.5, 0.6) is 0 Å². The van der Waals surface area contributed by atoms with Crippen molar-refractivity contribution in [3.05, 3.63) is 0 Å². The minimum absolute atomic E-state index is 0.120. The first kappa shape index (κ1) is 13.5. The molecule has 1 unspecified atom stereocenters. The molecule has 82 valence electrons. The molecule has 2 nitrogen and oxygen atoms in total.